The summed E-state index contributed by atoms with van der Waals surface area (Å²) in [5, 5.41) is 0. The van der Waals surface area contributed by atoms with Crippen molar-refractivity contribution in [1.82, 2.24) is 0 Å². The number of hydrogen-bond acceptors (Lipinski definition) is 1. The number of fused-ring (bicyclic) bond motifs is 1. The van der Waals surface area contributed by atoms with Crippen LogP contribution in [0.3, 0.4) is 0 Å². The van der Waals surface area contributed by atoms with Crippen LogP contribution in [-0.4, -0.2) is 6.29 Å². The Bertz CT molecular complexity index is 333. The number of halogens is 1. The second kappa shape index (κ2) is 3.62. The first-order chi connectivity index (χ1) is 6.29. The summed E-state index contributed by atoms with van der Waals surface area (Å²) in [6.45, 7) is 0. The average molecular weight is 239 g/mol. The summed E-state index contributed by atoms with van der Waals surface area (Å²) < 4.78 is 1.14. The Labute approximate surface area is 86.3 Å². The molecule has 1 aromatic rings. The van der Waals surface area contributed by atoms with Gasteiger partial charge in [0.05, 0.1) is 0 Å². The number of carbonyl (C=O) groups is 1. The van der Waals surface area contributed by atoms with E-state index in [0.717, 1.165) is 23.6 Å². The molecule has 0 aromatic heterocycles. The normalized spacial score (nSPS) is 19.9. The fourth-order valence-electron chi connectivity index (χ4n) is 1.98. The van der Waals surface area contributed by atoms with Crippen LogP contribution in [0.25, 0.3) is 0 Å². The Kier molecular flexibility index (Phi) is 2.49. The van der Waals surface area contributed by atoms with Crippen LogP contribution in [0.2, 0.25) is 0 Å². The van der Waals surface area contributed by atoms with Crippen molar-refractivity contribution in [1.29, 1.82) is 0 Å². The maximum absolute atomic E-state index is 10.4. The van der Waals surface area contributed by atoms with Gasteiger partial charge in [-0.3, -0.25) is 0 Å². The lowest BCUT2D eigenvalue weighted by Gasteiger charge is -2.00. The van der Waals surface area contributed by atoms with E-state index in [1.54, 1.807) is 0 Å². The summed E-state index contributed by atoms with van der Waals surface area (Å²) >= 11 is 3.45. The van der Waals surface area contributed by atoms with Crippen LogP contribution in [0.15, 0.2) is 22.7 Å². The zero-order valence-electron chi connectivity index (χ0n) is 7.29. The zero-order valence-corrected chi connectivity index (χ0v) is 8.88. The molecule has 0 saturated carbocycles. The maximum atomic E-state index is 10.4. The smallest absolute Gasteiger partial charge is 0.120 e. The van der Waals surface area contributed by atoms with Gasteiger partial charge in [0.25, 0.3) is 0 Å². The lowest BCUT2D eigenvalue weighted by molar-refractivity contribution is -0.108. The van der Waals surface area contributed by atoms with Gasteiger partial charge >= 0.3 is 0 Å². The van der Waals surface area contributed by atoms with Gasteiger partial charge < -0.3 is 4.79 Å². The van der Waals surface area contributed by atoms with Crippen LogP contribution < -0.4 is 0 Å². The first kappa shape index (κ1) is 8.95. The summed E-state index contributed by atoms with van der Waals surface area (Å²) in [5.41, 5.74) is 2.82. The Morgan fingerprint density at radius 2 is 2.15 bits per heavy atom. The fraction of sp³-hybridized carbons (Fsp3) is 0.364. The van der Waals surface area contributed by atoms with E-state index in [-0.39, 0.29) is 0 Å². The molecule has 1 aliphatic carbocycles. The quantitative estimate of drug-likeness (QED) is 0.725. The van der Waals surface area contributed by atoms with E-state index in [0.29, 0.717) is 12.3 Å². The lowest BCUT2D eigenvalue weighted by atomic mass is 10.0. The van der Waals surface area contributed by atoms with Crippen LogP contribution >= 0.6 is 15.9 Å². The third kappa shape index (κ3) is 1.83. The number of hydrogen-bond donors (Lipinski definition) is 0. The van der Waals surface area contributed by atoms with Crippen molar-refractivity contribution in [3.8, 4) is 0 Å². The molecule has 1 aliphatic rings. The van der Waals surface area contributed by atoms with Crippen molar-refractivity contribution in [2.24, 2.45) is 5.92 Å². The van der Waals surface area contributed by atoms with E-state index in [2.05, 4.69) is 34.1 Å². The predicted molar refractivity (Wildman–Crippen MR) is 55.7 cm³/mol. The van der Waals surface area contributed by atoms with E-state index in [1.165, 1.54) is 11.1 Å². The van der Waals surface area contributed by atoms with E-state index in [4.69, 9.17) is 0 Å². The topological polar surface area (TPSA) is 17.1 Å². The number of aldehydes is 1. The van der Waals surface area contributed by atoms with Crippen molar-refractivity contribution in [3.63, 3.8) is 0 Å². The molecule has 0 heterocycles. The zero-order chi connectivity index (χ0) is 9.26. The SMILES string of the molecule is O=CCC1Cc2ccc(Br)cc2C1. The minimum absolute atomic E-state index is 0.543. The molecule has 2 heteroatoms. The molecule has 13 heavy (non-hydrogen) atoms. The van der Waals surface area contributed by atoms with Crippen molar-refractivity contribution in [2.75, 3.05) is 0 Å². The van der Waals surface area contributed by atoms with E-state index >= 15 is 0 Å². The van der Waals surface area contributed by atoms with Crippen molar-refractivity contribution in [2.45, 2.75) is 19.3 Å². The van der Waals surface area contributed by atoms with E-state index in [1.807, 2.05) is 0 Å². The molecule has 0 saturated heterocycles. The summed E-state index contributed by atoms with van der Waals surface area (Å²) in [6, 6.07) is 6.40. The van der Waals surface area contributed by atoms with E-state index in [9.17, 15) is 4.79 Å². The molecule has 2 rings (SSSR count). The Balaban J connectivity index is 2.20. The summed E-state index contributed by atoms with van der Waals surface area (Å²) in [4.78, 5) is 10.4. The second-order valence-electron chi connectivity index (χ2n) is 3.59. The van der Waals surface area contributed by atoms with Crippen molar-refractivity contribution >= 4 is 22.2 Å². The molecule has 0 radical (unpaired) electrons. The molecule has 0 spiro atoms. The standard InChI is InChI=1S/C11H11BrO/c12-11-2-1-9-5-8(3-4-13)6-10(9)7-11/h1-2,4,7-8H,3,5-6H2. The number of carbonyl (C=O) groups excluding carboxylic acids is 1. The first-order valence-corrected chi connectivity index (χ1v) is 5.30. The Hall–Kier alpha value is -0.630. The van der Waals surface area contributed by atoms with Gasteiger partial charge in [-0.2, -0.15) is 0 Å². The molecule has 1 aromatic carbocycles. The van der Waals surface area contributed by atoms with Crippen LogP contribution in [0.4, 0.5) is 0 Å². The van der Waals surface area contributed by atoms with Crippen molar-refractivity contribution < 1.29 is 4.79 Å². The van der Waals surface area contributed by atoms with Crippen molar-refractivity contribution in [3.05, 3.63) is 33.8 Å². The third-order valence-corrected chi connectivity index (χ3v) is 3.11. The van der Waals surface area contributed by atoms with Crippen LogP contribution in [0.5, 0.6) is 0 Å². The minimum Gasteiger partial charge on any atom is -0.303 e. The van der Waals surface area contributed by atoms with Gasteiger partial charge in [-0.05, 0) is 42.0 Å². The second-order valence-corrected chi connectivity index (χ2v) is 4.51. The lowest BCUT2D eigenvalue weighted by Crippen LogP contribution is -1.99. The molecule has 0 N–H and O–H groups in total. The molecule has 1 nitrogen and oxygen atoms in total. The van der Waals surface area contributed by atoms with Gasteiger partial charge in [0.1, 0.15) is 6.29 Å². The van der Waals surface area contributed by atoms with Crippen LogP contribution in [-0.2, 0) is 17.6 Å². The molecule has 1 atom stereocenters. The van der Waals surface area contributed by atoms with Gasteiger partial charge in [0.2, 0.25) is 0 Å². The van der Waals surface area contributed by atoms with Gasteiger partial charge in [0.15, 0.2) is 0 Å². The highest BCUT2D eigenvalue weighted by Crippen LogP contribution is 2.30. The Morgan fingerprint density at radius 3 is 2.92 bits per heavy atom. The van der Waals surface area contributed by atoms with Gasteiger partial charge in [-0.25, -0.2) is 0 Å². The highest BCUT2D eigenvalue weighted by atomic mass is 79.9. The predicted octanol–water partition coefficient (Wildman–Crippen LogP) is 2.75. The molecule has 0 bridgehead atoms. The van der Waals surface area contributed by atoms with Gasteiger partial charge in [-0.1, -0.05) is 22.0 Å². The molecule has 0 aliphatic heterocycles. The molecule has 1 unspecified atom stereocenters. The molecular weight excluding hydrogens is 228 g/mol. The monoisotopic (exact) mass is 238 g/mol. The highest BCUT2D eigenvalue weighted by Gasteiger charge is 2.20. The van der Waals surface area contributed by atoms with Crippen LogP contribution in [0.1, 0.15) is 17.5 Å². The molecule has 68 valence electrons. The largest absolute Gasteiger partial charge is 0.303 e. The minimum atomic E-state index is 0.543. The third-order valence-electron chi connectivity index (χ3n) is 2.62. The maximum Gasteiger partial charge on any atom is 0.120 e. The summed E-state index contributed by atoms with van der Waals surface area (Å²) in [6.07, 6.45) is 3.87. The van der Waals surface area contributed by atoms with E-state index < -0.39 is 0 Å². The van der Waals surface area contributed by atoms with Crippen LogP contribution in [0, 0.1) is 5.92 Å². The van der Waals surface area contributed by atoms with Gasteiger partial charge in [0, 0.05) is 10.9 Å². The highest BCUT2D eigenvalue weighted by molar-refractivity contribution is 9.10. The fourth-order valence-corrected chi connectivity index (χ4v) is 2.39. The molecular formula is C11H11BrO. The summed E-state index contributed by atoms with van der Waals surface area (Å²) in [5.74, 6) is 0.543. The molecule has 0 amide bonds. The molecule has 0 fully saturated rings. The average Bonchev–Trinajstić information content (AvgIpc) is 2.46. The summed E-state index contributed by atoms with van der Waals surface area (Å²) in [7, 11) is 0. The number of benzene rings is 1. The number of rotatable bonds is 2. The Morgan fingerprint density at radius 1 is 1.38 bits per heavy atom. The van der Waals surface area contributed by atoms with Gasteiger partial charge in [-0.15, -0.1) is 0 Å². The first-order valence-electron chi connectivity index (χ1n) is 4.50.